The van der Waals surface area contributed by atoms with Gasteiger partial charge in [0.15, 0.2) is 0 Å². The Hall–Kier alpha value is -0.870. The minimum atomic E-state index is 0.0209. The molecule has 2 fully saturated rings. The van der Waals surface area contributed by atoms with Crippen LogP contribution in [0.2, 0.25) is 0 Å². The van der Waals surface area contributed by atoms with Crippen LogP contribution in [0.25, 0.3) is 0 Å². The van der Waals surface area contributed by atoms with Crippen molar-refractivity contribution >= 4 is 17.2 Å². The van der Waals surface area contributed by atoms with E-state index in [1.54, 1.807) is 11.3 Å². The zero-order valence-electron chi connectivity index (χ0n) is 14.8. The second kappa shape index (κ2) is 6.56. The highest BCUT2D eigenvalue weighted by molar-refractivity contribution is 7.10. The quantitative estimate of drug-likeness (QED) is 0.810. The predicted octanol–water partition coefficient (Wildman–Crippen LogP) is 4.21. The summed E-state index contributed by atoms with van der Waals surface area (Å²) >= 11 is 1.73. The van der Waals surface area contributed by atoms with E-state index in [0.717, 1.165) is 5.92 Å². The van der Waals surface area contributed by atoms with Crippen molar-refractivity contribution in [3.05, 3.63) is 22.4 Å². The van der Waals surface area contributed by atoms with Crippen LogP contribution in [0.15, 0.2) is 17.5 Å². The summed E-state index contributed by atoms with van der Waals surface area (Å²) in [7, 11) is 0. The van der Waals surface area contributed by atoms with Crippen molar-refractivity contribution in [2.45, 2.75) is 71.5 Å². The van der Waals surface area contributed by atoms with Gasteiger partial charge in [-0.05, 0) is 55.4 Å². The van der Waals surface area contributed by atoms with E-state index >= 15 is 0 Å². The lowest BCUT2D eigenvalue weighted by Crippen LogP contribution is -2.46. The van der Waals surface area contributed by atoms with E-state index in [-0.39, 0.29) is 17.4 Å². The highest BCUT2D eigenvalue weighted by Gasteiger charge is 2.40. The first-order chi connectivity index (χ1) is 10.9. The SMILES string of the molecule is CC(C1CC1)N(CC(=O)NC(c1cccs1)C(C)(C)C)C1CC1. The molecule has 0 radical (unpaired) electrons. The molecule has 0 aromatic carbocycles. The van der Waals surface area contributed by atoms with Crippen molar-refractivity contribution in [2.75, 3.05) is 6.54 Å². The van der Waals surface area contributed by atoms with E-state index in [0.29, 0.717) is 18.6 Å². The van der Waals surface area contributed by atoms with Crippen LogP contribution in [0.5, 0.6) is 0 Å². The third-order valence-corrected chi connectivity index (χ3v) is 6.11. The Bertz CT molecular complexity index is 526. The Morgan fingerprint density at radius 1 is 1.35 bits per heavy atom. The fourth-order valence-corrected chi connectivity index (χ4v) is 4.42. The molecule has 2 saturated carbocycles. The Morgan fingerprint density at radius 2 is 2.04 bits per heavy atom. The molecule has 128 valence electrons. The van der Waals surface area contributed by atoms with Crippen molar-refractivity contribution in [2.24, 2.45) is 11.3 Å². The number of hydrogen-bond donors (Lipinski definition) is 1. The van der Waals surface area contributed by atoms with Crippen molar-refractivity contribution in [1.29, 1.82) is 0 Å². The first-order valence-electron chi connectivity index (χ1n) is 8.95. The van der Waals surface area contributed by atoms with Gasteiger partial charge in [-0.3, -0.25) is 9.69 Å². The minimum Gasteiger partial charge on any atom is -0.347 e. The van der Waals surface area contributed by atoms with Gasteiger partial charge in [0.05, 0.1) is 12.6 Å². The Kier molecular flexibility index (Phi) is 4.84. The average molecular weight is 335 g/mol. The van der Waals surface area contributed by atoms with Crippen LogP contribution < -0.4 is 5.32 Å². The van der Waals surface area contributed by atoms with Gasteiger partial charge in [-0.15, -0.1) is 11.3 Å². The third kappa shape index (κ3) is 4.36. The normalized spacial score (nSPS) is 21.3. The molecule has 2 aliphatic carbocycles. The van der Waals surface area contributed by atoms with Gasteiger partial charge < -0.3 is 5.32 Å². The summed E-state index contributed by atoms with van der Waals surface area (Å²) in [5, 5.41) is 5.41. The van der Waals surface area contributed by atoms with Gasteiger partial charge in [-0.1, -0.05) is 26.8 Å². The summed E-state index contributed by atoms with van der Waals surface area (Å²) in [4.78, 5) is 16.4. The van der Waals surface area contributed by atoms with E-state index in [1.807, 2.05) is 0 Å². The van der Waals surface area contributed by atoms with Crippen molar-refractivity contribution in [3.63, 3.8) is 0 Å². The molecule has 1 heterocycles. The molecule has 1 N–H and O–H groups in total. The summed E-state index contributed by atoms with van der Waals surface area (Å²) in [6.45, 7) is 9.46. The Balaban J connectivity index is 1.64. The van der Waals surface area contributed by atoms with Gasteiger partial charge in [-0.2, -0.15) is 0 Å². The van der Waals surface area contributed by atoms with Crippen LogP contribution in [-0.4, -0.2) is 29.4 Å². The van der Waals surface area contributed by atoms with Crippen LogP contribution in [0, 0.1) is 11.3 Å². The minimum absolute atomic E-state index is 0.0209. The summed E-state index contributed by atoms with van der Waals surface area (Å²) in [5.41, 5.74) is 0.0209. The molecular weight excluding hydrogens is 304 g/mol. The lowest BCUT2D eigenvalue weighted by molar-refractivity contribution is -0.124. The number of carbonyl (C=O) groups excluding carboxylic acids is 1. The zero-order chi connectivity index (χ0) is 16.6. The summed E-state index contributed by atoms with van der Waals surface area (Å²) < 4.78 is 0. The van der Waals surface area contributed by atoms with Gasteiger partial charge in [0.25, 0.3) is 0 Å². The average Bonchev–Trinajstić information content (AvgIpc) is 3.39. The van der Waals surface area contributed by atoms with E-state index in [1.165, 1.54) is 30.6 Å². The topological polar surface area (TPSA) is 32.3 Å². The number of rotatable bonds is 7. The molecule has 2 aliphatic rings. The fraction of sp³-hybridized carbons (Fsp3) is 0.737. The van der Waals surface area contributed by atoms with Gasteiger partial charge in [0.2, 0.25) is 5.91 Å². The maximum absolute atomic E-state index is 12.7. The Morgan fingerprint density at radius 3 is 2.52 bits per heavy atom. The zero-order valence-corrected chi connectivity index (χ0v) is 15.7. The van der Waals surface area contributed by atoms with E-state index in [9.17, 15) is 4.79 Å². The second-order valence-corrected chi connectivity index (χ2v) is 9.34. The fourth-order valence-electron chi connectivity index (χ4n) is 3.40. The molecule has 2 unspecified atom stereocenters. The van der Waals surface area contributed by atoms with Gasteiger partial charge in [0, 0.05) is 17.0 Å². The largest absolute Gasteiger partial charge is 0.347 e. The molecule has 0 aliphatic heterocycles. The Labute approximate surface area is 144 Å². The summed E-state index contributed by atoms with van der Waals surface area (Å²) in [6.07, 6.45) is 5.20. The van der Waals surface area contributed by atoms with Crippen LogP contribution in [0.3, 0.4) is 0 Å². The van der Waals surface area contributed by atoms with Crippen LogP contribution in [-0.2, 0) is 4.79 Å². The molecular formula is C19H30N2OS. The molecule has 4 heteroatoms. The molecule has 23 heavy (non-hydrogen) atoms. The maximum Gasteiger partial charge on any atom is 0.234 e. The van der Waals surface area contributed by atoms with Crippen molar-refractivity contribution in [1.82, 2.24) is 10.2 Å². The van der Waals surface area contributed by atoms with Gasteiger partial charge in [0.1, 0.15) is 0 Å². The van der Waals surface area contributed by atoms with E-state index in [2.05, 4.69) is 55.4 Å². The molecule has 1 amide bonds. The van der Waals surface area contributed by atoms with E-state index in [4.69, 9.17) is 0 Å². The van der Waals surface area contributed by atoms with Gasteiger partial charge >= 0.3 is 0 Å². The number of amides is 1. The molecule has 0 spiro atoms. The molecule has 0 bridgehead atoms. The highest BCUT2D eigenvalue weighted by atomic mass is 32.1. The maximum atomic E-state index is 12.7. The highest BCUT2D eigenvalue weighted by Crippen LogP contribution is 2.40. The molecule has 1 aromatic rings. The monoisotopic (exact) mass is 334 g/mol. The molecule has 1 aromatic heterocycles. The predicted molar refractivity (Wildman–Crippen MR) is 96.6 cm³/mol. The van der Waals surface area contributed by atoms with Crippen molar-refractivity contribution in [3.8, 4) is 0 Å². The number of nitrogens with one attached hydrogen (secondary N) is 1. The van der Waals surface area contributed by atoms with Crippen LogP contribution in [0.1, 0.15) is 64.3 Å². The molecule has 3 rings (SSSR count). The molecule has 3 nitrogen and oxygen atoms in total. The summed E-state index contributed by atoms with van der Waals surface area (Å²) in [6, 6.07) is 5.49. The van der Waals surface area contributed by atoms with Crippen LogP contribution in [0.4, 0.5) is 0 Å². The first-order valence-corrected chi connectivity index (χ1v) is 9.82. The number of nitrogens with zero attached hydrogens (tertiary/aromatic N) is 1. The van der Waals surface area contributed by atoms with E-state index < -0.39 is 0 Å². The smallest absolute Gasteiger partial charge is 0.234 e. The lowest BCUT2D eigenvalue weighted by atomic mass is 9.85. The number of hydrogen-bond acceptors (Lipinski definition) is 3. The number of thiophene rings is 1. The first kappa shape index (κ1) is 17.0. The standard InChI is InChI=1S/C19H30N2OS/c1-13(14-7-8-14)21(15-9-10-15)12-17(22)20-18(19(2,3)4)16-6-5-11-23-16/h5-6,11,13-15,18H,7-10,12H2,1-4H3,(H,20,22). The lowest BCUT2D eigenvalue weighted by Gasteiger charge is -2.33. The van der Waals surface area contributed by atoms with Crippen molar-refractivity contribution < 1.29 is 4.79 Å². The number of carbonyl (C=O) groups is 1. The summed E-state index contributed by atoms with van der Waals surface area (Å²) in [5.74, 6) is 0.997. The van der Waals surface area contributed by atoms with Gasteiger partial charge in [-0.25, -0.2) is 0 Å². The second-order valence-electron chi connectivity index (χ2n) is 8.36. The van der Waals surface area contributed by atoms with Crippen LogP contribution >= 0.6 is 11.3 Å². The third-order valence-electron chi connectivity index (χ3n) is 5.17. The molecule has 2 atom stereocenters. The molecule has 0 saturated heterocycles.